The lowest BCUT2D eigenvalue weighted by Crippen LogP contribution is -2.15. The molecule has 0 atom stereocenters. The Morgan fingerprint density at radius 3 is 2.71 bits per heavy atom. The molecule has 0 saturated heterocycles. The maximum absolute atomic E-state index is 11.5. The molecule has 0 aliphatic rings. The van der Waals surface area contributed by atoms with Gasteiger partial charge < -0.3 is 5.73 Å². The summed E-state index contributed by atoms with van der Waals surface area (Å²) in [4.78, 5) is 3.68. The molecular weight excluding hydrogens is 221 g/mol. The molecular formula is C5H7F3N4OS. The number of thioether (sulfide) groups is 1. The number of halogens is 3. The molecule has 0 bridgehead atoms. The number of hydrogen-bond donors (Lipinski definition) is 2. The number of nitrogens with one attached hydrogen (secondary N) is 1. The van der Waals surface area contributed by atoms with Crippen molar-refractivity contribution in [3.05, 3.63) is 0 Å². The van der Waals surface area contributed by atoms with E-state index in [1.54, 1.807) is 0 Å². The Morgan fingerprint density at radius 1 is 1.50 bits per heavy atom. The van der Waals surface area contributed by atoms with Crippen molar-refractivity contribution in [1.82, 2.24) is 15.2 Å². The quantitative estimate of drug-likeness (QED) is 0.594. The van der Waals surface area contributed by atoms with Crippen LogP contribution in [0, 0.1) is 0 Å². The number of anilines is 1. The molecule has 0 unspecified atom stereocenters. The van der Waals surface area contributed by atoms with E-state index in [0.717, 1.165) is 11.8 Å². The van der Waals surface area contributed by atoms with Crippen LogP contribution in [-0.2, 0) is 4.74 Å². The van der Waals surface area contributed by atoms with Crippen molar-refractivity contribution in [2.45, 2.75) is 11.5 Å². The average molecular weight is 228 g/mol. The third kappa shape index (κ3) is 4.33. The first kappa shape index (κ1) is 11.1. The Hall–Kier alpha value is -0.960. The number of aromatic nitrogens is 3. The van der Waals surface area contributed by atoms with Crippen LogP contribution in [0.15, 0.2) is 5.16 Å². The van der Waals surface area contributed by atoms with Gasteiger partial charge in [-0.3, -0.25) is 4.74 Å². The highest BCUT2D eigenvalue weighted by molar-refractivity contribution is 7.99. The largest absolute Gasteiger partial charge is 0.522 e. The van der Waals surface area contributed by atoms with Crippen LogP contribution in [0.5, 0.6) is 0 Å². The smallest absolute Gasteiger partial charge is 0.368 e. The minimum atomic E-state index is -4.58. The van der Waals surface area contributed by atoms with Gasteiger partial charge in [0.1, 0.15) is 0 Å². The molecule has 0 aliphatic carbocycles. The molecule has 9 heteroatoms. The van der Waals surface area contributed by atoms with E-state index in [2.05, 4.69) is 19.9 Å². The van der Waals surface area contributed by atoms with Gasteiger partial charge in [-0.1, -0.05) is 11.8 Å². The zero-order chi connectivity index (χ0) is 10.6. The summed E-state index contributed by atoms with van der Waals surface area (Å²) in [6.45, 7) is -0.442. The zero-order valence-corrected chi connectivity index (χ0v) is 7.65. The first-order chi connectivity index (χ1) is 6.47. The molecule has 0 saturated carbocycles. The predicted molar refractivity (Wildman–Crippen MR) is 43.5 cm³/mol. The molecule has 0 amide bonds. The number of alkyl halides is 3. The van der Waals surface area contributed by atoms with Crippen LogP contribution in [0.4, 0.5) is 19.1 Å². The summed E-state index contributed by atoms with van der Waals surface area (Å²) < 4.78 is 38.0. The summed E-state index contributed by atoms with van der Waals surface area (Å²) in [6, 6.07) is 0. The van der Waals surface area contributed by atoms with Crippen LogP contribution in [-0.4, -0.2) is 33.9 Å². The fourth-order valence-corrected chi connectivity index (χ4v) is 1.24. The predicted octanol–water partition coefficient (Wildman–Crippen LogP) is 1.02. The second-order valence-corrected chi connectivity index (χ2v) is 3.21. The van der Waals surface area contributed by atoms with Crippen LogP contribution in [0.25, 0.3) is 0 Å². The van der Waals surface area contributed by atoms with E-state index >= 15 is 0 Å². The van der Waals surface area contributed by atoms with Crippen molar-refractivity contribution < 1.29 is 17.9 Å². The molecule has 3 N–H and O–H groups in total. The molecule has 0 spiro atoms. The lowest BCUT2D eigenvalue weighted by Gasteiger charge is -2.05. The van der Waals surface area contributed by atoms with Crippen molar-refractivity contribution >= 4 is 17.7 Å². The Kier molecular flexibility index (Phi) is 3.58. The second kappa shape index (κ2) is 4.51. The Labute approximate surface area is 81.2 Å². The molecule has 0 fully saturated rings. The van der Waals surface area contributed by atoms with Gasteiger partial charge in [0.15, 0.2) is 0 Å². The highest BCUT2D eigenvalue weighted by Crippen LogP contribution is 2.18. The number of nitrogens with zero attached hydrogens (tertiary/aromatic N) is 2. The monoisotopic (exact) mass is 228 g/mol. The third-order valence-corrected chi connectivity index (χ3v) is 1.87. The van der Waals surface area contributed by atoms with Gasteiger partial charge in [-0.2, -0.15) is 4.98 Å². The topological polar surface area (TPSA) is 76.8 Å². The van der Waals surface area contributed by atoms with Gasteiger partial charge in [0.2, 0.25) is 11.1 Å². The van der Waals surface area contributed by atoms with Crippen LogP contribution < -0.4 is 5.73 Å². The molecule has 0 radical (unpaired) electrons. The van der Waals surface area contributed by atoms with Crippen molar-refractivity contribution in [1.29, 1.82) is 0 Å². The van der Waals surface area contributed by atoms with Gasteiger partial charge >= 0.3 is 6.36 Å². The number of ether oxygens (including phenoxy) is 1. The maximum Gasteiger partial charge on any atom is 0.522 e. The summed E-state index contributed by atoms with van der Waals surface area (Å²) in [6.07, 6.45) is -4.58. The van der Waals surface area contributed by atoms with E-state index in [9.17, 15) is 13.2 Å². The number of nitrogen functional groups attached to an aromatic ring is 1. The Morgan fingerprint density at radius 2 is 2.21 bits per heavy atom. The average Bonchev–Trinajstić information content (AvgIpc) is 2.44. The van der Waals surface area contributed by atoms with E-state index in [1.807, 2.05) is 0 Å². The van der Waals surface area contributed by atoms with Crippen molar-refractivity contribution in [3.63, 3.8) is 0 Å². The first-order valence-corrected chi connectivity index (χ1v) is 4.47. The molecule has 80 valence electrons. The molecule has 1 aromatic rings. The summed E-state index contributed by atoms with van der Waals surface area (Å²) >= 11 is 1.02. The molecule has 1 heterocycles. The highest BCUT2D eigenvalue weighted by atomic mass is 32.2. The standard InChI is InChI=1S/C5H7F3N4OS/c6-5(7,8)13-1-2-14-4-10-3(9)11-12-4/h1-2H2,(H3,9,10,11,12). The van der Waals surface area contributed by atoms with Gasteiger partial charge in [-0.25, -0.2) is 5.10 Å². The summed E-state index contributed by atoms with van der Waals surface area (Å²) in [5.74, 6) is 0.237. The second-order valence-electron chi connectivity index (χ2n) is 2.15. The minimum Gasteiger partial charge on any atom is -0.368 e. The fourth-order valence-electron chi connectivity index (χ4n) is 0.613. The highest BCUT2D eigenvalue weighted by Gasteiger charge is 2.28. The number of rotatable bonds is 4. The lowest BCUT2D eigenvalue weighted by atomic mass is 10.9. The number of aromatic amines is 1. The molecule has 0 aromatic carbocycles. The van der Waals surface area contributed by atoms with E-state index in [-0.39, 0.29) is 11.7 Å². The van der Waals surface area contributed by atoms with Crippen LogP contribution in [0.3, 0.4) is 0 Å². The van der Waals surface area contributed by atoms with Gasteiger partial charge in [-0.15, -0.1) is 18.3 Å². The van der Waals surface area contributed by atoms with Gasteiger partial charge in [0, 0.05) is 5.75 Å². The fraction of sp³-hybridized carbons (Fsp3) is 0.600. The van der Waals surface area contributed by atoms with Crippen molar-refractivity contribution in [2.24, 2.45) is 0 Å². The van der Waals surface area contributed by atoms with Crippen molar-refractivity contribution in [2.75, 3.05) is 18.1 Å². The molecule has 5 nitrogen and oxygen atoms in total. The van der Waals surface area contributed by atoms with Crippen LogP contribution in [0.1, 0.15) is 0 Å². The zero-order valence-electron chi connectivity index (χ0n) is 6.84. The van der Waals surface area contributed by atoms with E-state index in [0.29, 0.717) is 5.16 Å². The van der Waals surface area contributed by atoms with Gasteiger partial charge in [0.05, 0.1) is 6.61 Å². The molecule has 0 aliphatic heterocycles. The molecule has 1 aromatic heterocycles. The number of nitrogens with two attached hydrogens (primary N) is 1. The summed E-state index contributed by atoms with van der Waals surface area (Å²) in [5.41, 5.74) is 5.20. The Balaban J connectivity index is 2.16. The lowest BCUT2D eigenvalue weighted by molar-refractivity contribution is -0.322. The number of H-pyrrole nitrogens is 1. The van der Waals surface area contributed by atoms with E-state index in [4.69, 9.17) is 5.73 Å². The van der Waals surface area contributed by atoms with Gasteiger partial charge in [-0.05, 0) is 0 Å². The van der Waals surface area contributed by atoms with Gasteiger partial charge in [0.25, 0.3) is 0 Å². The van der Waals surface area contributed by atoms with E-state index < -0.39 is 13.0 Å². The minimum absolute atomic E-state index is 0.108. The SMILES string of the molecule is Nc1nc(SCCOC(F)(F)F)n[nH]1. The van der Waals surface area contributed by atoms with Crippen LogP contribution in [0.2, 0.25) is 0 Å². The third-order valence-electron chi connectivity index (χ3n) is 1.06. The normalized spacial score (nSPS) is 11.9. The van der Waals surface area contributed by atoms with Crippen LogP contribution >= 0.6 is 11.8 Å². The molecule has 1 rings (SSSR count). The van der Waals surface area contributed by atoms with E-state index in [1.165, 1.54) is 0 Å². The summed E-state index contributed by atoms with van der Waals surface area (Å²) in [7, 11) is 0. The maximum atomic E-state index is 11.5. The Bertz CT molecular complexity index is 289. The molecule has 14 heavy (non-hydrogen) atoms. The number of hydrogen-bond acceptors (Lipinski definition) is 5. The van der Waals surface area contributed by atoms with Crippen molar-refractivity contribution in [3.8, 4) is 0 Å². The summed E-state index contributed by atoms with van der Waals surface area (Å²) in [5, 5.41) is 6.27. The first-order valence-electron chi connectivity index (χ1n) is 3.49.